The summed E-state index contributed by atoms with van der Waals surface area (Å²) >= 11 is 0. The van der Waals surface area contributed by atoms with E-state index in [9.17, 15) is 9.59 Å². The van der Waals surface area contributed by atoms with Crippen LogP contribution in [-0.4, -0.2) is 22.8 Å². The third-order valence-corrected chi connectivity index (χ3v) is 3.71. The monoisotopic (exact) mass is 325 g/mol. The maximum absolute atomic E-state index is 12.5. The van der Waals surface area contributed by atoms with E-state index in [1.54, 1.807) is 24.4 Å². The normalized spacial score (nSPS) is 11.9. The summed E-state index contributed by atoms with van der Waals surface area (Å²) in [4.78, 5) is 29.0. The molecule has 0 spiro atoms. The molecule has 5 nitrogen and oxygen atoms in total. The topological polar surface area (TPSA) is 71.1 Å². The van der Waals surface area contributed by atoms with Crippen molar-refractivity contribution >= 4 is 17.6 Å². The number of hydrogen-bond donors (Lipinski definition) is 2. The lowest BCUT2D eigenvalue weighted by atomic mass is 10.0. The summed E-state index contributed by atoms with van der Waals surface area (Å²) in [7, 11) is 0. The molecule has 24 heavy (non-hydrogen) atoms. The fourth-order valence-corrected chi connectivity index (χ4v) is 2.21. The van der Waals surface area contributed by atoms with Gasteiger partial charge in [0.1, 0.15) is 11.9 Å². The highest BCUT2D eigenvalue weighted by molar-refractivity contribution is 6.01. The Morgan fingerprint density at radius 1 is 0.958 bits per heavy atom. The Morgan fingerprint density at radius 3 is 2.12 bits per heavy atom. The lowest BCUT2D eigenvalue weighted by molar-refractivity contribution is -0.118. The highest BCUT2D eigenvalue weighted by Crippen LogP contribution is 2.10. The third-order valence-electron chi connectivity index (χ3n) is 3.71. The summed E-state index contributed by atoms with van der Waals surface area (Å²) < 4.78 is 0. The molecule has 2 amide bonds. The van der Waals surface area contributed by atoms with E-state index in [1.807, 2.05) is 45.9 Å². The van der Waals surface area contributed by atoms with Gasteiger partial charge in [0.2, 0.25) is 5.91 Å². The first-order chi connectivity index (χ1) is 11.4. The van der Waals surface area contributed by atoms with E-state index in [0.29, 0.717) is 11.4 Å². The number of carbonyl (C=O) groups is 2. The van der Waals surface area contributed by atoms with Crippen LogP contribution in [0, 0.1) is 19.8 Å². The molecule has 126 valence electrons. The predicted molar refractivity (Wildman–Crippen MR) is 94.9 cm³/mol. The van der Waals surface area contributed by atoms with Crippen molar-refractivity contribution in [1.29, 1.82) is 0 Å². The fraction of sp³-hybridized carbons (Fsp3) is 0.316. The second kappa shape index (κ2) is 7.73. The first kappa shape index (κ1) is 17.7. The smallest absolute Gasteiger partial charge is 0.251 e. The molecule has 1 aromatic heterocycles. The average Bonchev–Trinajstić information content (AvgIpc) is 2.54. The Bertz CT molecular complexity index is 706. The van der Waals surface area contributed by atoms with E-state index < -0.39 is 6.04 Å². The molecular weight excluding hydrogens is 302 g/mol. The second-order valence-corrected chi connectivity index (χ2v) is 6.27. The van der Waals surface area contributed by atoms with Crippen LogP contribution in [0.4, 0.5) is 5.82 Å². The predicted octanol–water partition coefficient (Wildman–Crippen LogP) is 3.09. The number of anilines is 1. The molecule has 5 heteroatoms. The Hall–Kier alpha value is -2.69. The van der Waals surface area contributed by atoms with Crippen molar-refractivity contribution in [1.82, 2.24) is 10.3 Å². The summed E-state index contributed by atoms with van der Waals surface area (Å²) in [6, 6.07) is 10.2. The zero-order valence-corrected chi connectivity index (χ0v) is 14.5. The first-order valence-electron chi connectivity index (χ1n) is 7.98. The fourth-order valence-electron chi connectivity index (χ4n) is 2.21. The van der Waals surface area contributed by atoms with Gasteiger partial charge in [-0.1, -0.05) is 37.6 Å². The lowest BCUT2D eigenvalue weighted by Gasteiger charge is -2.21. The summed E-state index contributed by atoms with van der Waals surface area (Å²) in [6.45, 7) is 7.67. The molecule has 1 aromatic carbocycles. The van der Waals surface area contributed by atoms with Crippen LogP contribution >= 0.6 is 0 Å². The van der Waals surface area contributed by atoms with Crippen LogP contribution in [0.1, 0.15) is 35.3 Å². The number of benzene rings is 1. The minimum atomic E-state index is -0.637. The van der Waals surface area contributed by atoms with Crippen LogP contribution in [0.15, 0.2) is 42.6 Å². The van der Waals surface area contributed by atoms with Gasteiger partial charge in [-0.2, -0.15) is 0 Å². The SMILES string of the molecule is Cc1ccc(C(=O)NC(C(=O)Nc2ccc(C)cn2)C(C)C)cc1. The van der Waals surface area contributed by atoms with Crippen LogP contribution in [0.5, 0.6) is 0 Å². The third kappa shape index (κ3) is 4.65. The standard InChI is InChI=1S/C19H23N3O2/c1-12(2)17(19(24)21-16-10-7-14(4)11-20-16)22-18(23)15-8-5-13(3)6-9-15/h5-12,17H,1-4H3,(H,22,23)(H,20,21,24). The van der Waals surface area contributed by atoms with E-state index in [-0.39, 0.29) is 17.7 Å². The molecular formula is C19H23N3O2. The second-order valence-electron chi connectivity index (χ2n) is 6.27. The molecule has 2 rings (SSSR count). The average molecular weight is 325 g/mol. The highest BCUT2D eigenvalue weighted by atomic mass is 16.2. The number of aromatic nitrogens is 1. The number of amides is 2. The van der Waals surface area contributed by atoms with Crippen LogP contribution in [0.2, 0.25) is 0 Å². The van der Waals surface area contributed by atoms with Gasteiger partial charge in [0, 0.05) is 11.8 Å². The number of nitrogens with zero attached hydrogens (tertiary/aromatic N) is 1. The van der Waals surface area contributed by atoms with E-state index >= 15 is 0 Å². The van der Waals surface area contributed by atoms with Gasteiger partial charge in [-0.25, -0.2) is 4.98 Å². The molecule has 2 aromatic rings. The van der Waals surface area contributed by atoms with Crippen molar-refractivity contribution in [3.05, 3.63) is 59.3 Å². The Morgan fingerprint density at radius 2 is 1.58 bits per heavy atom. The van der Waals surface area contributed by atoms with Gasteiger partial charge in [-0.15, -0.1) is 0 Å². The quantitative estimate of drug-likeness (QED) is 0.887. The minimum absolute atomic E-state index is 0.0511. The Balaban J connectivity index is 2.07. The highest BCUT2D eigenvalue weighted by Gasteiger charge is 2.25. The van der Waals surface area contributed by atoms with Crippen molar-refractivity contribution in [2.75, 3.05) is 5.32 Å². The number of rotatable bonds is 5. The molecule has 1 atom stereocenters. The molecule has 0 radical (unpaired) electrons. The number of nitrogens with one attached hydrogen (secondary N) is 2. The van der Waals surface area contributed by atoms with Gasteiger partial charge in [0.25, 0.3) is 5.91 Å². The summed E-state index contributed by atoms with van der Waals surface area (Å²) in [6.07, 6.45) is 1.69. The molecule has 2 N–H and O–H groups in total. The van der Waals surface area contributed by atoms with Crippen LogP contribution in [0.25, 0.3) is 0 Å². The molecule has 1 unspecified atom stereocenters. The van der Waals surface area contributed by atoms with Gasteiger partial charge in [-0.3, -0.25) is 9.59 Å². The number of aryl methyl sites for hydroxylation is 2. The van der Waals surface area contributed by atoms with Crippen molar-refractivity contribution in [2.45, 2.75) is 33.7 Å². The van der Waals surface area contributed by atoms with Crippen LogP contribution in [0.3, 0.4) is 0 Å². The molecule has 0 aliphatic carbocycles. The van der Waals surface area contributed by atoms with Crippen LogP contribution < -0.4 is 10.6 Å². The van der Waals surface area contributed by atoms with Crippen molar-refractivity contribution in [3.8, 4) is 0 Å². The maximum atomic E-state index is 12.5. The van der Waals surface area contributed by atoms with Crippen molar-refractivity contribution < 1.29 is 9.59 Å². The van der Waals surface area contributed by atoms with Crippen molar-refractivity contribution in [2.24, 2.45) is 5.92 Å². The van der Waals surface area contributed by atoms with Gasteiger partial charge >= 0.3 is 0 Å². The number of carbonyl (C=O) groups excluding carboxylic acids is 2. The van der Waals surface area contributed by atoms with E-state index in [0.717, 1.165) is 11.1 Å². The molecule has 1 heterocycles. The minimum Gasteiger partial charge on any atom is -0.340 e. The molecule has 0 aliphatic heterocycles. The molecule has 0 aliphatic rings. The van der Waals surface area contributed by atoms with Gasteiger partial charge < -0.3 is 10.6 Å². The Kier molecular flexibility index (Phi) is 5.68. The summed E-state index contributed by atoms with van der Waals surface area (Å²) in [5, 5.41) is 5.56. The van der Waals surface area contributed by atoms with E-state index in [2.05, 4.69) is 15.6 Å². The molecule has 0 bridgehead atoms. The van der Waals surface area contributed by atoms with Crippen molar-refractivity contribution in [3.63, 3.8) is 0 Å². The maximum Gasteiger partial charge on any atom is 0.251 e. The Labute approximate surface area is 142 Å². The van der Waals surface area contributed by atoms with Gasteiger partial charge in [-0.05, 0) is 43.5 Å². The summed E-state index contributed by atoms with van der Waals surface area (Å²) in [5.74, 6) is -0.117. The number of pyridine rings is 1. The number of hydrogen-bond acceptors (Lipinski definition) is 3. The lowest BCUT2D eigenvalue weighted by Crippen LogP contribution is -2.47. The molecule has 0 fully saturated rings. The molecule has 0 saturated heterocycles. The first-order valence-corrected chi connectivity index (χ1v) is 7.98. The zero-order valence-electron chi connectivity index (χ0n) is 14.5. The summed E-state index contributed by atoms with van der Waals surface area (Å²) in [5.41, 5.74) is 2.63. The van der Waals surface area contributed by atoms with E-state index in [1.165, 1.54) is 0 Å². The van der Waals surface area contributed by atoms with Gasteiger partial charge in [0.05, 0.1) is 0 Å². The van der Waals surface area contributed by atoms with Gasteiger partial charge in [0.15, 0.2) is 0 Å². The van der Waals surface area contributed by atoms with Crippen LogP contribution in [-0.2, 0) is 4.79 Å². The largest absolute Gasteiger partial charge is 0.340 e. The molecule has 0 saturated carbocycles. The zero-order chi connectivity index (χ0) is 17.7. The van der Waals surface area contributed by atoms with E-state index in [4.69, 9.17) is 0 Å².